The van der Waals surface area contributed by atoms with Crippen LogP contribution in [0.25, 0.3) is 10.8 Å². The Labute approximate surface area is 123 Å². The number of amides is 1. The Hall–Kier alpha value is -2.23. The minimum atomic E-state index is -0.0442. The molecule has 0 unspecified atom stereocenters. The SMILES string of the molecule is CC(=O)NCCc1cc(O)cc2ccc(OC3CC3)cc12. The van der Waals surface area contributed by atoms with Gasteiger partial charge in [-0.3, -0.25) is 4.79 Å². The maximum atomic E-state index is 11.0. The van der Waals surface area contributed by atoms with Gasteiger partial charge in [0.1, 0.15) is 11.5 Å². The fourth-order valence-corrected chi connectivity index (χ4v) is 2.43. The van der Waals surface area contributed by atoms with E-state index in [0.29, 0.717) is 19.1 Å². The van der Waals surface area contributed by atoms with E-state index in [9.17, 15) is 9.90 Å². The molecule has 0 atom stereocenters. The molecule has 4 heteroatoms. The quantitative estimate of drug-likeness (QED) is 0.888. The molecule has 1 aliphatic rings. The molecule has 1 aliphatic carbocycles. The lowest BCUT2D eigenvalue weighted by Gasteiger charge is -2.11. The first kappa shape index (κ1) is 13.7. The van der Waals surface area contributed by atoms with E-state index >= 15 is 0 Å². The number of rotatable bonds is 5. The Kier molecular flexibility index (Phi) is 3.69. The summed E-state index contributed by atoms with van der Waals surface area (Å²) in [6.07, 6.45) is 3.30. The summed E-state index contributed by atoms with van der Waals surface area (Å²) in [5, 5.41) is 14.7. The summed E-state index contributed by atoms with van der Waals surface area (Å²) in [6, 6.07) is 9.44. The van der Waals surface area contributed by atoms with E-state index in [1.165, 1.54) is 6.92 Å². The summed E-state index contributed by atoms with van der Waals surface area (Å²) in [5.74, 6) is 1.07. The van der Waals surface area contributed by atoms with Gasteiger partial charge in [-0.25, -0.2) is 0 Å². The molecule has 0 heterocycles. The van der Waals surface area contributed by atoms with Crippen LogP contribution in [0.5, 0.6) is 11.5 Å². The standard InChI is InChI=1S/C17H19NO3/c1-11(19)18-7-6-13-9-14(20)8-12-2-3-16(10-17(12)13)21-15-4-5-15/h2-3,8-10,15,20H,4-7H2,1H3,(H,18,19). The number of ether oxygens (including phenoxy) is 1. The molecule has 1 saturated carbocycles. The molecule has 2 aromatic rings. The molecule has 0 bridgehead atoms. The number of phenols is 1. The number of benzene rings is 2. The Balaban J connectivity index is 1.89. The summed E-state index contributed by atoms with van der Waals surface area (Å²) in [7, 11) is 0. The largest absolute Gasteiger partial charge is 0.508 e. The number of phenolic OH excluding ortho intramolecular Hbond substituents is 1. The summed E-state index contributed by atoms with van der Waals surface area (Å²) in [5.41, 5.74) is 1.01. The van der Waals surface area contributed by atoms with Crippen LogP contribution in [-0.4, -0.2) is 23.7 Å². The number of fused-ring (bicyclic) bond motifs is 1. The van der Waals surface area contributed by atoms with Crippen molar-refractivity contribution in [2.75, 3.05) is 6.54 Å². The van der Waals surface area contributed by atoms with Crippen molar-refractivity contribution in [3.05, 3.63) is 35.9 Å². The zero-order valence-corrected chi connectivity index (χ0v) is 12.1. The molecular weight excluding hydrogens is 266 g/mol. The van der Waals surface area contributed by atoms with Crippen LogP contribution >= 0.6 is 0 Å². The second-order valence-electron chi connectivity index (χ2n) is 5.54. The normalized spacial score (nSPS) is 14.1. The molecule has 0 spiro atoms. The molecule has 0 saturated heterocycles. The van der Waals surface area contributed by atoms with E-state index in [-0.39, 0.29) is 11.7 Å². The van der Waals surface area contributed by atoms with Crippen molar-refractivity contribution in [2.45, 2.75) is 32.3 Å². The highest BCUT2D eigenvalue weighted by molar-refractivity contribution is 5.88. The van der Waals surface area contributed by atoms with Gasteiger partial charge in [-0.05, 0) is 59.9 Å². The summed E-state index contributed by atoms with van der Waals surface area (Å²) >= 11 is 0. The van der Waals surface area contributed by atoms with Crippen LogP contribution in [0, 0.1) is 0 Å². The number of carbonyl (C=O) groups is 1. The lowest BCUT2D eigenvalue weighted by Crippen LogP contribution is -2.22. The number of nitrogens with one attached hydrogen (secondary N) is 1. The first-order chi connectivity index (χ1) is 10.1. The summed E-state index contributed by atoms with van der Waals surface area (Å²) < 4.78 is 5.83. The average molecular weight is 285 g/mol. The molecule has 0 aromatic heterocycles. The first-order valence-corrected chi connectivity index (χ1v) is 7.28. The number of carbonyl (C=O) groups excluding carboxylic acids is 1. The van der Waals surface area contributed by atoms with Crippen LogP contribution in [-0.2, 0) is 11.2 Å². The predicted octanol–water partition coefficient (Wildman–Crippen LogP) is 2.77. The zero-order chi connectivity index (χ0) is 14.8. The molecule has 2 N–H and O–H groups in total. The van der Waals surface area contributed by atoms with Crippen molar-refractivity contribution < 1.29 is 14.6 Å². The Morgan fingerprint density at radius 3 is 2.86 bits per heavy atom. The second-order valence-corrected chi connectivity index (χ2v) is 5.54. The van der Waals surface area contributed by atoms with Gasteiger partial charge in [0.25, 0.3) is 0 Å². The minimum Gasteiger partial charge on any atom is -0.508 e. The van der Waals surface area contributed by atoms with E-state index in [2.05, 4.69) is 5.32 Å². The van der Waals surface area contributed by atoms with Gasteiger partial charge < -0.3 is 15.2 Å². The fraction of sp³-hybridized carbons (Fsp3) is 0.353. The van der Waals surface area contributed by atoms with Gasteiger partial charge in [0, 0.05) is 13.5 Å². The smallest absolute Gasteiger partial charge is 0.216 e. The molecule has 0 radical (unpaired) electrons. The number of hydrogen-bond donors (Lipinski definition) is 2. The summed E-state index contributed by atoms with van der Waals surface area (Å²) in [4.78, 5) is 11.0. The van der Waals surface area contributed by atoms with Gasteiger partial charge in [0.2, 0.25) is 5.91 Å². The van der Waals surface area contributed by atoms with Crippen molar-refractivity contribution in [3.8, 4) is 11.5 Å². The van der Waals surface area contributed by atoms with Gasteiger partial charge in [0.05, 0.1) is 6.10 Å². The third kappa shape index (κ3) is 3.45. The van der Waals surface area contributed by atoms with Crippen LogP contribution in [0.3, 0.4) is 0 Å². The number of hydrogen-bond acceptors (Lipinski definition) is 3. The van der Waals surface area contributed by atoms with Gasteiger partial charge in [-0.2, -0.15) is 0 Å². The molecule has 3 rings (SSSR count). The van der Waals surface area contributed by atoms with Crippen molar-refractivity contribution >= 4 is 16.7 Å². The maximum Gasteiger partial charge on any atom is 0.216 e. The van der Waals surface area contributed by atoms with E-state index < -0.39 is 0 Å². The van der Waals surface area contributed by atoms with E-state index in [4.69, 9.17) is 4.74 Å². The van der Waals surface area contributed by atoms with Gasteiger partial charge >= 0.3 is 0 Å². The van der Waals surface area contributed by atoms with Gasteiger partial charge in [-0.1, -0.05) is 6.07 Å². The second kappa shape index (κ2) is 5.64. The molecular formula is C17H19NO3. The Morgan fingerprint density at radius 2 is 2.14 bits per heavy atom. The summed E-state index contributed by atoms with van der Waals surface area (Å²) in [6.45, 7) is 2.06. The lowest BCUT2D eigenvalue weighted by molar-refractivity contribution is -0.118. The highest BCUT2D eigenvalue weighted by Gasteiger charge is 2.23. The van der Waals surface area contributed by atoms with Crippen LogP contribution in [0.15, 0.2) is 30.3 Å². The monoisotopic (exact) mass is 285 g/mol. The highest BCUT2D eigenvalue weighted by Crippen LogP contribution is 2.32. The van der Waals surface area contributed by atoms with Crippen LogP contribution in [0.1, 0.15) is 25.3 Å². The number of aromatic hydroxyl groups is 1. The average Bonchev–Trinajstić information content (AvgIpc) is 3.23. The van der Waals surface area contributed by atoms with Gasteiger partial charge in [-0.15, -0.1) is 0 Å². The van der Waals surface area contributed by atoms with Crippen molar-refractivity contribution in [1.82, 2.24) is 5.32 Å². The molecule has 1 amide bonds. The van der Waals surface area contributed by atoms with E-state index in [1.54, 1.807) is 12.1 Å². The highest BCUT2D eigenvalue weighted by atomic mass is 16.5. The molecule has 4 nitrogen and oxygen atoms in total. The minimum absolute atomic E-state index is 0.0442. The van der Waals surface area contributed by atoms with Crippen LogP contribution in [0.2, 0.25) is 0 Å². The molecule has 1 fully saturated rings. The van der Waals surface area contributed by atoms with Crippen molar-refractivity contribution in [1.29, 1.82) is 0 Å². The predicted molar refractivity (Wildman–Crippen MR) is 81.7 cm³/mol. The van der Waals surface area contributed by atoms with E-state index in [0.717, 1.165) is 34.9 Å². The lowest BCUT2D eigenvalue weighted by atomic mass is 10.0. The Bertz CT molecular complexity index is 677. The van der Waals surface area contributed by atoms with E-state index in [1.807, 2.05) is 18.2 Å². The molecule has 110 valence electrons. The Morgan fingerprint density at radius 1 is 1.33 bits per heavy atom. The topological polar surface area (TPSA) is 58.6 Å². The molecule has 21 heavy (non-hydrogen) atoms. The zero-order valence-electron chi connectivity index (χ0n) is 12.1. The maximum absolute atomic E-state index is 11.0. The first-order valence-electron chi connectivity index (χ1n) is 7.28. The molecule has 0 aliphatic heterocycles. The molecule has 2 aromatic carbocycles. The fourth-order valence-electron chi connectivity index (χ4n) is 2.43. The van der Waals surface area contributed by atoms with Crippen molar-refractivity contribution in [2.24, 2.45) is 0 Å². The van der Waals surface area contributed by atoms with Gasteiger partial charge in [0.15, 0.2) is 0 Å². The third-order valence-electron chi connectivity index (χ3n) is 3.59. The van der Waals surface area contributed by atoms with Crippen LogP contribution in [0.4, 0.5) is 0 Å². The third-order valence-corrected chi connectivity index (χ3v) is 3.59. The van der Waals surface area contributed by atoms with Crippen molar-refractivity contribution in [3.63, 3.8) is 0 Å². The van der Waals surface area contributed by atoms with Crippen LogP contribution < -0.4 is 10.1 Å².